The average molecular weight is 491 g/mol. The molecule has 1 saturated heterocycles. The zero-order valence-corrected chi connectivity index (χ0v) is 18.9. The van der Waals surface area contributed by atoms with E-state index in [2.05, 4.69) is 0 Å². The van der Waals surface area contributed by atoms with Crippen molar-refractivity contribution in [3.05, 3.63) is 114 Å². The Kier molecular flexibility index (Phi) is 8.06. The predicted octanol–water partition coefficient (Wildman–Crippen LogP) is 2.91. The highest BCUT2D eigenvalue weighted by atomic mass is 16.7. The lowest BCUT2D eigenvalue weighted by Gasteiger charge is -2.42. The van der Waals surface area contributed by atoms with Crippen LogP contribution in [0.1, 0.15) is 31.1 Å². The topological polar surface area (TPSA) is 129 Å². The van der Waals surface area contributed by atoms with E-state index < -0.39 is 48.6 Å². The standard InChI is InChI=1S/C27H23O9/c28-16-20-21(34-24(29)17-10-4-1-5-11-17)22(35-25(30)18-12-6-2-7-13-18)23(27(32)33-20)36-26(31)19-14-8-3-9-15-19/h1-16,20-23,27-28,32H/t20-,21-,22+,23-,27-/m1/s1. The molecule has 5 atom stereocenters. The van der Waals surface area contributed by atoms with Crippen molar-refractivity contribution in [3.8, 4) is 0 Å². The second-order valence-corrected chi connectivity index (χ2v) is 7.85. The third-order valence-corrected chi connectivity index (χ3v) is 5.45. The van der Waals surface area contributed by atoms with Crippen LogP contribution in [0.3, 0.4) is 0 Å². The van der Waals surface area contributed by atoms with Crippen LogP contribution in [0.15, 0.2) is 91.0 Å². The van der Waals surface area contributed by atoms with Crippen molar-refractivity contribution in [1.82, 2.24) is 0 Å². The molecule has 0 unspecified atom stereocenters. The number of aliphatic hydroxyl groups excluding tert-OH is 2. The maximum Gasteiger partial charge on any atom is 0.338 e. The van der Waals surface area contributed by atoms with E-state index >= 15 is 0 Å². The van der Waals surface area contributed by atoms with Gasteiger partial charge in [0, 0.05) is 0 Å². The molecular weight excluding hydrogens is 468 g/mol. The van der Waals surface area contributed by atoms with Crippen LogP contribution in [0.4, 0.5) is 0 Å². The Morgan fingerprint density at radius 1 is 0.611 bits per heavy atom. The van der Waals surface area contributed by atoms with E-state index in [0.717, 1.165) is 0 Å². The van der Waals surface area contributed by atoms with Gasteiger partial charge in [-0.3, -0.25) is 0 Å². The van der Waals surface area contributed by atoms with E-state index in [1.165, 1.54) is 36.4 Å². The summed E-state index contributed by atoms with van der Waals surface area (Å²) in [5, 5.41) is 20.4. The normalized spacial score (nSPS) is 23.3. The smallest absolute Gasteiger partial charge is 0.338 e. The first kappa shape index (κ1) is 25.1. The number of rotatable bonds is 7. The predicted molar refractivity (Wildman–Crippen MR) is 124 cm³/mol. The van der Waals surface area contributed by atoms with Gasteiger partial charge in [-0.15, -0.1) is 0 Å². The summed E-state index contributed by atoms with van der Waals surface area (Å²) in [7, 11) is 0. The van der Waals surface area contributed by atoms with Crippen LogP contribution in [-0.2, 0) is 18.9 Å². The van der Waals surface area contributed by atoms with Crippen LogP contribution in [0, 0.1) is 6.61 Å². The highest BCUT2D eigenvalue weighted by molar-refractivity contribution is 5.91. The lowest BCUT2D eigenvalue weighted by atomic mass is 9.98. The molecule has 0 bridgehead atoms. The first-order valence-corrected chi connectivity index (χ1v) is 11.1. The SMILES string of the molecule is O=C(O[C@@H]1[C@@H](OC(=O)c2ccccc2)[C@H](O)O[C@H]([CH]O)[C@H]1OC(=O)c1ccccc1)c1ccccc1. The first-order valence-electron chi connectivity index (χ1n) is 11.1. The molecule has 9 nitrogen and oxygen atoms in total. The Balaban J connectivity index is 1.66. The van der Waals surface area contributed by atoms with Crippen LogP contribution in [0.5, 0.6) is 0 Å². The molecule has 0 aliphatic carbocycles. The summed E-state index contributed by atoms with van der Waals surface area (Å²) in [5.74, 6) is -2.46. The van der Waals surface area contributed by atoms with E-state index in [1.54, 1.807) is 54.6 Å². The quantitative estimate of drug-likeness (QED) is 0.379. The Morgan fingerprint density at radius 3 is 1.36 bits per heavy atom. The Labute approximate surface area is 206 Å². The number of carbonyl (C=O) groups is 3. The molecular formula is C27H23O9. The van der Waals surface area contributed by atoms with E-state index in [-0.39, 0.29) is 16.7 Å². The highest BCUT2D eigenvalue weighted by Gasteiger charge is 2.52. The summed E-state index contributed by atoms with van der Waals surface area (Å²) in [6.45, 7) is 0.560. The highest BCUT2D eigenvalue weighted by Crippen LogP contribution is 2.30. The summed E-state index contributed by atoms with van der Waals surface area (Å²) in [6.07, 6.45) is -7.79. The molecule has 1 heterocycles. The van der Waals surface area contributed by atoms with Crippen LogP contribution < -0.4 is 0 Å². The van der Waals surface area contributed by atoms with Crippen molar-refractivity contribution in [2.75, 3.05) is 0 Å². The minimum Gasteiger partial charge on any atom is -0.452 e. The second-order valence-electron chi connectivity index (χ2n) is 7.85. The molecule has 9 heteroatoms. The molecule has 1 aliphatic heterocycles. The van der Waals surface area contributed by atoms with E-state index in [0.29, 0.717) is 6.61 Å². The first-order chi connectivity index (χ1) is 17.5. The second kappa shape index (κ2) is 11.6. The fraction of sp³-hybridized carbons (Fsp3) is 0.185. The molecule has 4 rings (SSSR count). The molecule has 36 heavy (non-hydrogen) atoms. The van der Waals surface area contributed by atoms with Gasteiger partial charge in [0.1, 0.15) is 12.7 Å². The largest absolute Gasteiger partial charge is 0.452 e. The molecule has 3 aromatic rings. The summed E-state index contributed by atoms with van der Waals surface area (Å²) < 4.78 is 22.0. The molecule has 3 aromatic carbocycles. The zero-order valence-electron chi connectivity index (χ0n) is 18.9. The maximum atomic E-state index is 12.9. The molecule has 1 fully saturated rings. The minimum absolute atomic E-state index is 0.171. The average Bonchev–Trinajstić information content (AvgIpc) is 2.93. The number of aliphatic hydroxyl groups is 2. The van der Waals surface area contributed by atoms with Crippen molar-refractivity contribution >= 4 is 17.9 Å². The van der Waals surface area contributed by atoms with Gasteiger partial charge in [-0.05, 0) is 36.4 Å². The fourth-order valence-corrected chi connectivity index (χ4v) is 3.66. The van der Waals surface area contributed by atoms with Crippen LogP contribution in [0.25, 0.3) is 0 Å². The van der Waals surface area contributed by atoms with Gasteiger partial charge in [-0.1, -0.05) is 54.6 Å². The molecule has 0 amide bonds. The summed E-state index contributed by atoms with van der Waals surface area (Å²) in [4.78, 5) is 38.5. The van der Waals surface area contributed by atoms with Gasteiger partial charge < -0.3 is 29.2 Å². The number of carbonyl (C=O) groups excluding carboxylic acids is 3. The lowest BCUT2D eigenvalue weighted by Crippen LogP contribution is -2.61. The molecule has 185 valence electrons. The van der Waals surface area contributed by atoms with Crippen molar-refractivity contribution in [2.45, 2.75) is 30.7 Å². The van der Waals surface area contributed by atoms with E-state index in [1.807, 2.05) is 0 Å². The summed E-state index contributed by atoms with van der Waals surface area (Å²) in [6, 6.07) is 23.9. The van der Waals surface area contributed by atoms with Crippen LogP contribution in [0.2, 0.25) is 0 Å². The van der Waals surface area contributed by atoms with E-state index in [4.69, 9.17) is 18.9 Å². The van der Waals surface area contributed by atoms with Gasteiger partial charge in [0.25, 0.3) is 0 Å². The third-order valence-electron chi connectivity index (χ3n) is 5.45. The van der Waals surface area contributed by atoms with Gasteiger partial charge in [-0.25, -0.2) is 14.4 Å². The third kappa shape index (κ3) is 5.77. The van der Waals surface area contributed by atoms with Crippen LogP contribution >= 0.6 is 0 Å². The van der Waals surface area contributed by atoms with Crippen LogP contribution in [-0.4, -0.2) is 58.8 Å². The molecule has 1 aliphatic rings. The van der Waals surface area contributed by atoms with Gasteiger partial charge >= 0.3 is 17.9 Å². The number of hydrogen-bond donors (Lipinski definition) is 2. The van der Waals surface area contributed by atoms with Gasteiger partial charge in [-0.2, -0.15) is 0 Å². The molecule has 1 radical (unpaired) electrons. The van der Waals surface area contributed by atoms with Crippen molar-refractivity contribution in [3.63, 3.8) is 0 Å². The monoisotopic (exact) mass is 491 g/mol. The lowest BCUT2D eigenvalue weighted by molar-refractivity contribution is -0.277. The Bertz CT molecular complexity index is 1170. The van der Waals surface area contributed by atoms with Gasteiger partial charge in [0.15, 0.2) is 24.6 Å². The number of benzene rings is 3. The van der Waals surface area contributed by atoms with Crippen molar-refractivity contribution in [2.24, 2.45) is 0 Å². The Morgan fingerprint density at radius 2 is 0.972 bits per heavy atom. The number of esters is 3. The zero-order chi connectivity index (χ0) is 25.5. The molecule has 0 spiro atoms. The van der Waals surface area contributed by atoms with E-state index in [9.17, 15) is 24.6 Å². The van der Waals surface area contributed by atoms with Crippen molar-refractivity contribution < 1.29 is 43.5 Å². The number of hydrogen-bond acceptors (Lipinski definition) is 9. The minimum atomic E-state index is -1.81. The Hall–Kier alpha value is -4.05. The number of ether oxygens (including phenoxy) is 4. The summed E-state index contributed by atoms with van der Waals surface area (Å²) >= 11 is 0. The van der Waals surface area contributed by atoms with Crippen molar-refractivity contribution in [1.29, 1.82) is 0 Å². The molecule has 2 N–H and O–H groups in total. The van der Waals surface area contributed by atoms with Gasteiger partial charge in [0.05, 0.1) is 16.7 Å². The maximum absolute atomic E-state index is 12.9. The van der Waals surface area contributed by atoms with Gasteiger partial charge in [0.2, 0.25) is 0 Å². The molecule has 0 saturated carbocycles. The summed E-state index contributed by atoms with van der Waals surface area (Å²) in [5.41, 5.74) is 0.530. The molecule has 0 aromatic heterocycles. The fourth-order valence-electron chi connectivity index (χ4n) is 3.66.